The number of hydrogen-bond acceptors (Lipinski definition) is 5. The fraction of sp³-hybridized carbons (Fsp3) is 0.192. The lowest BCUT2D eigenvalue weighted by Crippen LogP contribution is -2.31. The van der Waals surface area contributed by atoms with Gasteiger partial charge in [-0.2, -0.15) is 0 Å². The van der Waals surface area contributed by atoms with E-state index in [1.807, 2.05) is 44.2 Å². The van der Waals surface area contributed by atoms with E-state index in [0.29, 0.717) is 35.4 Å². The summed E-state index contributed by atoms with van der Waals surface area (Å²) in [5, 5.41) is 0. The van der Waals surface area contributed by atoms with Crippen molar-refractivity contribution in [2.75, 3.05) is 10.9 Å². The van der Waals surface area contributed by atoms with Gasteiger partial charge >= 0.3 is 0 Å². The Labute approximate surface area is 194 Å². The summed E-state index contributed by atoms with van der Waals surface area (Å²) in [5.41, 5.74) is 2.95. The topological polar surface area (TPSA) is 72.6 Å². The van der Waals surface area contributed by atoms with Crippen LogP contribution in [0.3, 0.4) is 0 Å². The zero-order chi connectivity index (χ0) is 23.4. The van der Waals surface area contributed by atoms with Crippen LogP contribution in [-0.4, -0.2) is 20.0 Å². The van der Waals surface area contributed by atoms with Crippen LogP contribution in [0.1, 0.15) is 23.9 Å². The molecule has 1 heterocycles. The van der Waals surface area contributed by atoms with Crippen LogP contribution in [0, 0.1) is 13.8 Å². The van der Waals surface area contributed by atoms with Crippen molar-refractivity contribution in [1.82, 2.24) is 4.98 Å². The molecular weight excluding hydrogens is 436 g/mol. The lowest BCUT2D eigenvalue weighted by molar-refractivity contribution is 0.341. The molecule has 170 valence electrons. The summed E-state index contributed by atoms with van der Waals surface area (Å²) >= 11 is 0. The second-order valence-electron chi connectivity index (χ2n) is 7.61. The average Bonchev–Trinajstić information content (AvgIpc) is 3.19. The molecule has 0 unspecified atom stereocenters. The molecule has 0 saturated carbocycles. The Balaban J connectivity index is 1.79. The van der Waals surface area contributed by atoms with Crippen molar-refractivity contribution in [2.45, 2.75) is 32.2 Å². The maximum atomic E-state index is 13.7. The second kappa shape index (κ2) is 9.50. The molecule has 0 bridgehead atoms. The molecule has 4 rings (SSSR count). The van der Waals surface area contributed by atoms with E-state index < -0.39 is 10.0 Å². The minimum absolute atomic E-state index is 0.00249. The number of benzene rings is 3. The highest BCUT2D eigenvalue weighted by atomic mass is 32.2. The molecule has 0 amide bonds. The number of hydrogen-bond donors (Lipinski definition) is 0. The van der Waals surface area contributed by atoms with Gasteiger partial charge in [0.05, 0.1) is 23.7 Å². The largest absolute Gasteiger partial charge is 0.492 e. The molecule has 0 N–H and O–H groups in total. The van der Waals surface area contributed by atoms with E-state index in [0.717, 1.165) is 11.1 Å². The van der Waals surface area contributed by atoms with Gasteiger partial charge in [0.2, 0.25) is 5.89 Å². The molecule has 0 fully saturated rings. The highest BCUT2D eigenvalue weighted by Gasteiger charge is 2.29. The van der Waals surface area contributed by atoms with Gasteiger partial charge in [-0.1, -0.05) is 48.0 Å². The van der Waals surface area contributed by atoms with Crippen LogP contribution in [-0.2, 0) is 16.6 Å². The molecule has 0 spiro atoms. The number of ether oxygens (including phenoxy) is 1. The zero-order valence-electron chi connectivity index (χ0n) is 18.9. The zero-order valence-corrected chi connectivity index (χ0v) is 19.7. The number of sulfonamides is 1. The first-order valence-electron chi connectivity index (χ1n) is 10.7. The molecule has 0 aliphatic rings. The summed E-state index contributed by atoms with van der Waals surface area (Å²) in [4.78, 5) is 4.84. The summed E-state index contributed by atoms with van der Waals surface area (Å²) < 4.78 is 40.5. The molecule has 0 aliphatic heterocycles. The number of aromatic nitrogens is 1. The minimum atomic E-state index is -3.90. The van der Waals surface area contributed by atoms with E-state index in [9.17, 15) is 8.42 Å². The van der Waals surface area contributed by atoms with Gasteiger partial charge in [0.25, 0.3) is 10.0 Å². The van der Waals surface area contributed by atoms with Crippen molar-refractivity contribution in [3.05, 3.63) is 95.9 Å². The fourth-order valence-corrected chi connectivity index (χ4v) is 4.95. The number of anilines is 1. The third kappa shape index (κ3) is 4.78. The Kier molecular flexibility index (Phi) is 6.51. The molecule has 0 aliphatic carbocycles. The van der Waals surface area contributed by atoms with Gasteiger partial charge in [0, 0.05) is 5.56 Å². The van der Waals surface area contributed by atoms with E-state index in [2.05, 4.69) is 4.98 Å². The number of nitrogens with zero attached hydrogens (tertiary/aromatic N) is 2. The molecular formula is C26H26N2O4S. The van der Waals surface area contributed by atoms with Crippen molar-refractivity contribution in [1.29, 1.82) is 0 Å². The summed E-state index contributed by atoms with van der Waals surface area (Å²) in [7, 11) is -3.90. The smallest absolute Gasteiger partial charge is 0.264 e. The quantitative estimate of drug-likeness (QED) is 0.333. The van der Waals surface area contributed by atoms with Crippen molar-refractivity contribution in [3.8, 4) is 17.2 Å². The van der Waals surface area contributed by atoms with Gasteiger partial charge in [-0.25, -0.2) is 13.4 Å². The molecule has 3 aromatic carbocycles. The highest BCUT2D eigenvalue weighted by Crippen LogP contribution is 2.34. The van der Waals surface area contributed by atoms with E-state index >= 15 is 0 Å². The third-order valence-electron chi connectivity index (χ3n) is 5.25. The summed E-state index contributed by atoms with van der Waals surface area (Å²) in [5.74, 6) is 1.50. The Morgan fingerprint density at radius 2 is 1.58 bits per heavy atom. The Morgan fingerprint density at radius 3 is 2.27 bits per heavy atom. The minimum Gasteiger partial charge on any atom is -0.492 e. The van der Waals surface area contributed by atoms with Gasteiger partial charge in [-0.3, -0.25) is 4.31 Å². The second-order valence-corrected chi connectivity index (χ2v) is 9.48. The van der Waals surface area contributed by atoms with Gasteiger partial charge < -0.3 is 9.15 Å². The maximum absolute atomic E-state index is 13.7. The number of para-hydroxylation sites is 2. The van der Waals surface area contributed by atoms with E-state index in [1.165, 1.54) is 4.31 Å². The number of oxazole rings is 1. The Morgan fingerprint density at radius 1 is 0.909 bits per heavy atom. The average molecular weight is 463 g/mol. The normalized spacial score (nSPS) is 11.4. The van der Waals surface area contributed by atoms with Crippen molar-refractivity contribution in [2.24, 2.45) is 0 Å². The van der Waals surface area contributed by atoms with Crippen LogP contribution in [0.25, 0.3) is 11.5 Å². The molecule has 0 radical (unpaired) electrons. The molecule has 7 heteroatoms. The van der Waals surface area contributed by atoms with Crippen LogP contribution in [0.4, 0.5) is 5.69 Å². The highest BCUT2D eigenvalue weighted by molar-refractivity contribution is 7.92. The van der Waals surface area contributed by atoms with E-state index in [4.69, 9.17) is 9.15 Å². The summed E-state index contributed by atoms with van der Waals surface area (Å²) in [6, 6.07) is 23.3. The fourth-order valence-electron chi connectivity index (χ4n) is 3.49. The molecule has 6 nitrogen and oxygen atoms in total. The molecule has 33 heavy (non-hydrogen) atoms. The molecule has 4 aromatic rings. The molecule has 0 saturated heterocycles. The Bertz CT molecular complexity index is 1330. The van der Waals surface area contributed by atoms with Crippen LogP contribution < -0.4 is 9.04 Å². The van der Waals surface area contributed by atoms with Gasteiger partial charge in [-0.05, 0) is 57.2 Å². The maximum Gasteiger partial charge on any atom is 0.264 e. The first kappa shape index (κ1) is 22.6. The number of rotatable bonds is 8. The van der Waals surface area contributed by atoms with E-state index in [-0.39, 0.29) is 11.4 Å². The summed E-state index contributed by atoms with van der Waals surface area (Å²) in [6.45, 7) is 6.09. The van der Waals surface area contributed by atoms with Gasteiger partial charge in [-0.15, -0.1) is 0 Å². The predicted molar refractivity (Wildman–Crippen MR) is 129 cm³/mol. The van der Waals surface area contributed by atoms with Crippen molar-refractivity contribution >= 4 is 15.7 Å². The standard InChI is InChI=1S/C26H26N2O4S/c1-4-31-25-13-9-8-12-24(25)28(33(29,30)22-10-6-5-7-11-22)18-23-20(3)32-26(27-23)21-16-14-19(2)15-17-21/h5-17H,4,18H2,1-3H3. The first-order valence-corrected chi connectivity index (χ1v) is 12.2. The molecule has 1 aromatic heterocycles. The Hall–Kier alpha value is -3.58. The van der Waals surface area contributed by atoms with Crippen molar-refractivity contribution in [3.63, 3.8) is 0 Å². The van der Waals surface area contributed by atoms with Gasteiger partial charge in [0.15, 0.2) is 0 Å². The molecule has 0 atom stereocenters. The van der Waals surface area contributed by atoms with E-state index in [1.54, 1.807) is 55.5 Å². The summed E-state index contributed by atoms with van der Waals surface area (Å²) in [6.07, 6.45) is 0. The lowest BCUT2D eigenvalue weighted by atomic mass is 10.1. The third-order valence-corrected chi connectivity index (χ3v) is 7.02. The van der Waals surface area contributed by atoms with Crippen molar-refractivity contribution < 1.29 is 17.6 Å². The lowest BCUT2D eigenvalue weighted by Gasteiger charge is -2.25. The van der Waals surface area contributed by atoms with Crippen LogP contribution in [0.5, 0.6) is 5.75 Å². The van der Waals surface area contributed by atoms with Crippen LogP contribution in [0.2, 0.25) is 0 Å². The SMILES string of the molecule is CCOc1ccccc1N(Cc1nc(-c2ccc(C)cc2)oc1C)S(=O)(=O)c1ccccc1. The predicted octanol–water partition coefficient (Wildman–Crippen LogP) is 5.75. The monoisotopic (exact) mass is 462 g/mol. The van der Waals surface area contributed by atoms with Crippen LogP contribution >= 0.6 is 0 Å². The number of aryl methyl sites for hydroxylation is 2. The first-order chi connectivity index (χ1) is 15.9. The van der Waals surface area contributed by atoms with Gasteiger partial charge in [0.1, 0.15) is 17.2 Å². The van der Waals surface area contributed by atoms with Crippen LogP contribution in [0.15, 0.2) is 88.2 Å².